The molecule has 0 saturated carbocycles. The van der Waals surface area contributed by atoms with Gasteiger partial charge in [0.2, 0.25) is 11.8 Å². The Kier molecular flexibility index (Phi) is 2.85. The number of nitrogens with zero attached hydrogens (tertiary/aromatic N) is 2. The summed E-state index contributed by atoms with van der Waals surface area (Å²) in [6.45, 7) is 0. The van der Waals surface area contributed by atoms with Gasteiger partial charge in [-0.05, 0) is 6.07 Å². The van der Waals surface area contributed by atoms with Gasteiger partial charge in [0.1, 0.15) is 0 Å². The van der Waals surface area contributed by atoms with Gasteiger partial charge in [-0.2, -0.15) is 0 Å². The maximum Gasteiger partial charge on any atom is 0.328 e. The number of carbonyl (C=O) groups is 1. The largest absolute Gasteiger partial charge is 0.478 e. The zero-order valence-electron chi connectivity index (χ0n) is 9.61. The van der Waals surface area contributed by atoms with Crippen molar-refractivity contribution in [3.63, 3.8) is 0 Å². The van der Waals surface area contributed by atoms with Crippen LogP contribution in [0.3, 0.4) is 0 Å². The van der Waals surface area contributed by atoms with E-state index in [9.17, 15) is 4.79 Å². The molecule has 6 heteroatoms. The van der Waals surface area contributed by atoms with Gasteiger partial charge in [-0.3, -0.25) is 0 Å². The van der Waals surface area contributed by atoms with Crippen molar-refractivity contribution in [3.05, 3.63) is 41.6 Å². The predicted molar refractivity (Wildman–Crippen MR) is 71.8 cm³/mol. The topological polar surface area (TPSA) is 76.2 Å². The van der Waals surface area contributed by atoms with E-state index in [4.69, 9.17) is 9.52 Å². The van der Waals surface area contributed by atoms with E-state index in [2.05, 4.69) is 10.2 Å². The molecule has 19 heavy (non-hydrogen) atoms. The first-order valence-corrected chi connectivity index (χ1v) is 6.33. The van der Waals surface area contributed by atoms with Crippen LogP contribution in [0.15, 0.2) is 40.1 Å². The minimum atomic E-state index is -1.05. The molecule has 0 unspecified atom stereocenters. The van der Waals surface area contributed by atoms with Gasteiger partial charge in [0.05, 0.1) is 5.56 Å². The van der Waals surface area contributed by atoms with Gasteiger partial charge in [0, 0.05) is 27.6 Å². The minimum Gasteiger partial charge on any atom is -0.478 e. The number of aromatic nitrogens is 2. The Morgan fingerprint density at radius 2 is 2.16 bits per heavy atom. The Morgan fingerprint density at radius 3 is 3.00 bits per heavy atom. The summed E-state index contributed by atoms with van der Waals surface area (Å²) in [5.74, 6) is -0.490. The molecular weight excluding hydrogens is 264 g/mol. The summed E-state index contributed by atoms with van der Waals surface area (Å²) in [5, 5.41) is 19.2. The van der Waals surface area contributed by atoms with Gasteiger partial charge < -0.3 is 9.52 Å². The van der Waals surface area contributed by atoms with Crippen molar-refractivity contribution in [1.82, 2.24) is 10.2 Å². The molecule has 0 aliphatic carbocycles. The Balaban J connectivity index is 2.01. The molecule has 0 aliphatic rings. The number of benzene rings is 1. The first kappa shape index (κ1) is 11.6. The lowest BCUT2D eigenvalue weighted by Gasteiger charge is -1.91. The molecule has 2 heterocycles. The van der Waals surface area contributed by atoms with E-state index in [1.165, 1.54) is 6.08 Å². The van der Waals surface area contributed by atoms with Gasteiger partial charge in [0.25, 0.3) is 0 Å². The average Bonchev–Trinajstić information content (AvgIpc) is 3.02. The van der Waals surface area contributed by atoms with Crippen molar-refractivity contribution in [2.24, 2.45) is 0 Å². The number of fused-ring (bicyclic) bond motifs is 1. The van der Waals surface area contributed by atoms with Crippen LogP contribution in [0.2, 0.25) is 0 Å². The minimum absolute atomic E-state index is 0.174. The third kappa shape index (κ3) is 2.25. The molecule has 94 valence electrons. The van der Waals surface area contributed by atoms with Crippen molar-refractivity contribution < 1.29 is 14.3 Å². The predicted octanol–water partition coefficient (Wildman–Crippen LogP) is 3.05. The monoisotopic (exact) mass is 272 g/mol. The summed E-state index contributed by atoms with van der Waals surface area (Å²) in [4.78, 5) is 10.4. The quantitative estimate of drug-likeness (QED) is 0.741. The number of hydrogen-bond donors (Lipinski definition) is 1. The lowest BCUT2D eigenvalue weighted by atomic mass is 10.2. The third-order valence-corrected chi connectivity index (χ3v) is 3.48. The van der Waals surface area contributed by atoms with Crippen LogP contribution in [0.25, 0.3) is 27.6 Å². The van der Waals surface area contributed by atoms with Gasteiger partial charge in [0.15, 0.2) is 0 Å². The standard InChI is InChI=1S/C13H8N2O3S/c16-12(17)6-5-11-14-15-13(18-11)9-7-19-10-4-2-1-3-8(9)10/h1-7H,(H,16,17)/b6-5+. The highest BCUT2D eigenvalue weighted by atomic mass is 32.1. The highest BCUT2D eigenvalue weighted by Crippen LogP contribution is 2.32. The van der Waals surface area contributed by atoms with Crippen molar-refractivity contribution in [2.75, 3.05) is 0 Å². The van der Waals surface area contributed by atoms with Crippen LogP contribution >= 0.6 is 11.3 Å². The summed E-state index contributed by atoms with van der Waals surface area (Å²) in [6.07, 6.45) is 2.23. The summed E-state index contributed by atoms with van der Waals surface area (Å²) >= 11 is 1.60. The Morgan fingerprint density at radius 1 is 1.32 bits per heavy atom. The second-order valence-electron chi connectivity index (χ2n) is 3.76. The lowest BCUT2D eigenvalue weighted by Crippen LogP contribution is -1.85. The van der Waals surface area contributed by atoms with Gasteiger partial charge in [-0.25, -0.2) is 4.79 Å². The van der Waals surface area contributed by atoms with E-state index >= 15 is 0 Å². The number of aliphatic carboxylic acids is 1. The zero-order chi connectivity index (χ0) is 13.2. The molecule has 0 spiro atoms. The second kappa shape index (κ2) is 4.66. The van der Waals surface area contributed by atoms with Gasteiger partial charge >= 0.3 is 5.97 Å². The fraction of sp³-hybridized carbons (Fsp3) is 0. The maximum atomic E-state index is 10.4. The first-order chi connectivity index (χ1) is 9.24. The lowest BCUT2D eigenvalue weighted by molar-refractivity contribution is -0.131. The van der Waals surface area contributed by atoms with Crippen LogP contribution in [-0.2, 0) is 4.79 Å². The molecule has 0 fully saturated rings. The fourth-order valence-corrected chi connectivity index (χ4v) is 2.63. The zero-order valence-corrected chi connectivity index (χ0v) is 10.4. The smallest absolute Gasteiger partial charge is 0.328 e. The highest BCUT2D eigenvalue weighted by molar-refractivity contribution is 7.17. The molecule has 0 saturated heterocycles. The van der Waals surface area contributed by atoms with Gasteiger partial charge in [-0.1, -0.05) is 18.2 Å². The van der Waals surface area contributed by atoms with E-state index in [0.29, 0.717) is 5.89 Å². The van der Waals surface area contributed by atoms with Crippen LogP contribution in [0.4, 0.5) is 0 Å². The van der Waals surface area contributed by atoms with Crippen LogP contribution in [0.5, 0.6) is 0 Å². The Labute approximate surface area is 111 Å². The molecule has 0 bridgehead atoms. The van der Waals surface area contributed by atoms with Crippen LogP contribution < -0.4 is 0 Å². The van der Waals surface area contributed by atoms with E-state index in [0.717, 1.165) is 21.7 Å². The summed E-state index contributed by atoms with van der Waals surface area (Å²) in [7, 11) is 0. The number of rotatable bonds is 3. The average molecular weight is 272 g/mol. The Bertz CT molecular complexity index is 773. The molecule has 2 aromatic heterocycles. The van der Waals surface area contributed by atoms with E-state index in [-0.39, 0.29) is 5.89 Å². The van der Waals surface area contributed by atoms with Crippen molar-refractivity contribution in [3.8, 4) is 11.5 Å². The van der Waals surface area contributed by atoms with E-state index in [1.807, 2.05) is 29.6 Å². The molecule has 5 nitrogen and oxygen atoms in total. The van der Waals surface area contributed by atoms with Crippen LogP contribution in [-0.4, -0.2) is 21.3 Å². The number of hydrogen-bond acceptors (Lipinski definition) is 5. The van der Waals surface area contributed by atoms with E-state index < -0.39 is 5.97 Å². The molecule has 0 radical (unpaired) electrons. The highest BCUT2D eigenvalue weighted by Gasteiger charge is 2.12. The van der Waals surface area contributed by atoms with Gasteiger partial charge in [-0.15, -0.1) is 21.5 Å². The third-order valence-electron chi connectivity index (χ3n) is 2.52. The van der Waals surface area contributed by atoms with Crippen LogP contribution in [0.1, 0.15) is 5.89 Å². The molecule has 0 aliphatic heterocycles. The molecule has 3 rings (SSSR count). The molecule has 0 atom stereocenters. The van der Waals surface area contributed by atoms with Crippen LogP contribution in [0, 0.1) is 0 Å². The van der Waals surface area contributed by atoms with Crippen molar-refractivity contribution in [2.45, 2.75) is 0 Å². The molecule has 0 amide bonds. The van der Waals surface area contributed by atoms with Crippen molar-refractivity contribution in [1.29, 1.82) is 0 Å². The Hall–Kier alpha value is -2.47. The molecule has 1 aromatic carbocycles. The number of thiophene rings is 1. The SMILES string of the molecule is O=C(O)/C=C/c1nnc(-c2csc3ccccc23)o1. The molecule has 3 aromatic rings. The fourth-order valence-electron chi connectivity index (χ4n) is 1.70. The summed E-state index contributed by atoms with van der Waals surface area (Å²) < 4.78 is 6.56. The summed E-state index contributed by atoms with van der Waals surface area (Å²) in [5.41, 5.74) is 0.864. The molecule has 1 N–H and O–H groups in total. The number of carboxylic acids is 1. The summed E-state index contributed by atoms with van der Waals surface area (Å²) in [6, 6.07) is 7.92. The van der Waals surface area contributed by atoms with E-state index in [1.54, 1.807) is 11.3 Å². The number of carboxylic acid groups (broad SMARTS) is 1. The maximum absolute atomic E-state index is 10.4. The molecular formula is C13H8N2O3S. The normalized spacial score (nSPS) is 11.4. The van der Waals surface area contributed by atoms with Crippen molar-refractivity contribution >= 4 is 33.5 Å². The second-order valence-corrected chi connectivity index (χ2v) is 4.67. The first-order valence-electron chi connectivity index (χ1n) is 5.45.